The van der Waals surface area contributed by atoms with E-state index in [4.69, 9.17) is 0 Å². The molecule has 3 atom stereocenters. The topological polar surface area (TPSA) is 40.5 Å². The van der Waals surface area contributed by atoms with Crippen LogP contribution in [0.15, 0.2) is 0 Å². The number of nitrogens with zero attached hydrogens (tertiary/aromatic N) is 1. The van der Waals surface area contributed by atoms with E-state index in [1.54, 1.807) is 4.90 Å². The molecule has 0 radical (unpaired) electrons. The highest BCUT2D eigenvalue weighted by Crippen LogP contribution is 2.30. The van der Waals surface area contributed by atoms with Crippen molar-refractivity contribution < 1.29 is 9.90 Å². The first-order valence-electron chi connectivity index (χ1n) is 7.67. The fourth-order valence-electron chi connectivity index (χ4n) is 3.12. The Bertz CT molecular complexity index is 273. The molecule has 1 aliphatic rings. The van der Waals surface area contributed by atoms with Crippen molar-refractivity contribution in [1.29, 1.82) is 0 Å². The predicted molar refractivity (Wildman–Crippen MR) is 83.0 cm³/mol. The standard InChI is InChI=1S/C15H28BrNO2/c1-3-5-6-12(4-2)9-14-10-13(11-16)7-8-17(14)15(18)19/h12-14H,3-11H2,1-2H3,(H,18,19). The van der Waals surface area contributed by atoms with Gasteiger partial charge in [0.1, 0.15) is 0 Å². The summed E-state index contributed by atoms with van der Waals surface area (Å²) in [5, 5.41) is 10.3. The van der Waals surface area contributed by atoms with E-state index < -0.39 is 6.09 Å². The van der Waals surface area contributed by atoms with Crippen LogP contribution in [0, 0.1) is 11.8 Å². The number of hydrogen-bond acceptors (Lipinski definition) is 1. The van der Waals surface area contributed by atoms with Crippen molar-refractivity contribution in [1.82, 2.24) is 4.90 Å². The number of unbranched alkanes of at least 4 members (excludes halogenated alkanes) is 1. The van der Waals surface area contributed by atoms with Gasteiger partial charge in [0.2, 0.25) is 0 Å². The van der Waals surface area contributed by atoms with Crippen LogP contribution in [0.1, 0.15) is 58.8 Å². The van der Waals surface area contributed by atoms with Crippen LogP contribution in [0.25, 0.3) is 0 Å². The number of likely N-dealkylation sites (tertiary alicyclic amines) is 1. The van der Waals surface area contributed by atoms with E-state index >= 15 is 0 Å². The van der Waals surface area contributed by atoms with Crippen molar-refractivity contribution in [2.45, 2.75) is 64.8 Å². The summed E-state index contributed by atoms with van der Waals surface area (Å²) in [6, 6.07) is 0.232. The Kier molecular flexibility index (Phi) is 7.81. The molecule has 1 N–H and O–H groups in total. The van der Waals surface area contributed by atoms with E-state index in [0.29, 0.717) is 18.4 Å². The highest BCUT2D eigenvalue weighted by molar-refractivity contribution is 9.09. The number of hydrogen-bond donors (Lipinski definition) is 1. The lowest BCUT2D eigenvalue weighted by Crippen LogP contribution is -2.46. The second-order valence-corrected chi connectivity index (χ2v) is 6.47. The van der Waals surface area contributed by atoms with Crippen LogP contribution < -0.4 is 0 Å². The van der Waals surface area contributed by atoms with Crippen LogP contribution in [0.4, 0.5) is 4.79 Å². The van der Waals surface area contributed by atoms with Gasteiger partial charge in [-0.15, -0.1) is 0 Å². The number of carbonyl (C=O) groups is 1. The molecule has 1 heterocycles. The first-order chi connectivity index (χ1) is 9.12. The fraction of sp³-hybridized carbons (Fsp3) is 0.933. The lowest BCUT2D eigenvalue weighted by Gasteiger charge is -2.39. The molecule has 1 rings (SSSR count). The van der Waals surface area contributed by atoms with Gasteiger partial charge in [0.25, 0.3) is 0 Å². The third-order valence-corrected chi connectivity index (χ3v) is 5.35. The van der Waals surface area contributed by atoms with E-state index in [2.05, 4.69) is 29.8 Å². The average molecular weight is 334 g/mol. The monoisotopic (exact) mass is 333 g/mol. The van der Waals surface area contributed by atoms with Crippen LogP contribution in [0.3, 0.4) is 0 Å². The molecule has 0 spiro atoms. The molecule has 1 saturated heterocycles. The highest BCUT2D eigenvalue weighted by atomic mass is 79.9. The van der Waals surface area contributed by atoms with Crippen LogP contribution in [-0.4, -0.2) is 34.0 Å². The maximum atomic E-state index is 11.4. The molecule has 1 aliphatic heterocycles. The Morgan fingerprint density at radius 1 is 1.47 bits per heavy atom. The molecule has 0 aromatic heterocycles. The summed E-state index contributed by atoms with van der Waals surface area (Å²) in [6.45, 7) is 5.16. The molecule has 3 nitrogen and oxygen atoms in total. The van der Waals surface area contributed by atoms with Gasteiger partial charge in [0, 0.05) is 17.9 Å². The summed E-state index contributed by atoms with van der Waals surface area (Å²) in [5.74, 6) is 1.32. The summed E-state index contributed by atoms with van der Waals surface area (Å²) in [7, 11) is 0. The summed E-state index contributed by atoms with van der Waals surface area (Å²) in [6.07, 6.45) is 7.25. The first-order valence-corrected chi connectivity index (χ1v) is 8.79. The molecule has 0 aromatic carbocycles. The number of amides is 1. The molecule has 3 unspecified atom stereocenters. The normalized spacial score (nSPS) is 25.3. The summed E-state index contributed by atoms with van der Waals surface area (Å²) in [5.41, 5.74) is 0. The lowest BCUT2D eigenvalue weighted by molar-refractivity contribution is 0.0818. The van der Waals surface area contributed by atoms with Gasteiger partial charge in [-0.25, -0.2) is 4.79 Å². The first kappa shape index (κ1) is 16.8. The minimum absolute atomic E-state index is 0.232. The Balaban J connectivity index is 2.59. The quantitative estimate of drug-likeness (QED) is 0.683. The number of carboxylic acid groups (broad SMARTS) is 1. The Labute approximate surface area is 125 Å². The Morgan fingerprint density at radius 3 is 2.74 bits per heavy atom. The van der Waals surface area contributed by atoms with Gasteiger partial charge in [-0.05, 0) is 31.1 Å². The minimum Gasteiger partial charge on any atom is -0.465 e. The molecule has 1 fully saturated rings. The molecule has 19 heavy (non-hydrogen) atoms. The SMILES string of the molecule is CCCCC(CC)CC1CC(CBr)CCN1C(=O)O. The zero-order valence-corrected chi connectivity index (χ0v) is 13.9. The van der Waals surface area contributed by atoms with Crippen molar-refractivity contribution in [3.05, 3.63) is 0 Å². The Morgan fingerprint density at radius 2 is 2.21 bits per heavy atom. The van der Waals surface area contributed by atoms with Crippen molar-refractivity contribution in [2.24, 2.45) is 11.8 Å². The summed E-state index contributed by atoms with van der Waals surface area (Å²) < 4.78 is 0. The summed E-state index contributed by atoms with van der Waals surface area (Å²) >= 11 is 3.55. The molecule has 0 aliphatic carbocycles. The second kappa shape index (κ2) is 8.83. The van der Waals surface area contributed by atoms with Crippen molar-refractivity contribution in [3.63, 3.8) is 0 Å². The predicted octanol–water partition coefficient (Wildman–Crippen LogP) is 4.75. The maximum absolute atomic E-state index is 11.4. The van der Waals surface area contributed by atoms with E-state index in [1.165, 1.54) is 25.7 Å². The molecule has 1 amide bonds. The number of rotatable bonds is 7. The van der Waals surface area contributed by atoms with Gasteiger partial charge >= 0.3 is 6.09 Å². The average Bonchev–Trinajstić information content (AvgIpc) is 2.42. The van der Waals surface area contributed by atoms with Crippen molar-refractivity contribution in [2.75, 3.05) is 11.9 Å². The van der Waals surface area contributed by atoms with Gasteiger partial charge < -0.3 is 10.0 Å². The fourth-order valence-corrected chi connectivity index (χ4v) is 3.70. The number of halogens is 1. The van der Waals surface area contributed by atoms with Gasteiger partial charge in [0.05, 0.1) is 0 Å². The highest BCUT2D eigenvalue weighted by Gasteiger charge is 2.32. The van der Waals surface area contributed by atoms with Crippen molar-refractivity contribution >= 4 is 22.0 Å². The van der Waals surface area contributed by atoms with E-state index in [9.17, 15) is 9.90 Å². The molecular formula is C15H28BrNO2. The van der Waals surface area contributed by atoms with Crippen LogP contribution in [-0.2, 0) is 0 Å². The number of piperidine rings is 1. The lowest BCUT2D eigenvalue weighted by atomic mass is 9.84. The third kappa shape index (κ3) is 5.33. The van der Waals surface area contributed by atoms with Crippen LogP contribution in [0.5, 0.6) is 0 Å². The van der Waals surface area contributed by atoms with E-state index in [-0.39, 0.29) is 6.04 Å². The third-order valence-electron chi connectivity index (χ3n) is 4.44. The van der Waals surface area contributed by atoms with Crippen molar-refractivity contribution in [3.8, 4) is 0 Å². The maximum Gasteiger partial charge on any atom is 0.407 e. The molecule has 112 valence electrons. The zero-order valence-electron chi connectivity index (χ0n) is 12.3. The second-order valence-electron chi connectivity index (χ2n) is 5.83. The zero-order chi connectivity index (χ0) is 14.3. The van der Waals surface area contributed by atoms with Crippen LogP contribution >= 0.6 is 15.9 Å². The smallest absolute Gasteiger partial charge is 0.407 e. The largest absolute Gasteiger partial charge is 0.465 e. The molecule has 0 saturated carbocycles. The molecule has 0 aromatic rings. The van der Waals surface area contributed by atoms with E-state index in [0.717, 1.165) is 24.6 Å². The Hall–Kier alpha value is -0.250. The van der Waals surface area contributed by atoms with Gasteiger partial charge in [-0.3, -0.25) is 0 Å². The molecular weight excluding hydrogens is 306 g/mol. The molecule has 4 heteroatoms. The van der Waals surface area contributed by atoms with Gasteiger partial charge in [-0.2, -0.15) is 0 Å². The van der Waals surface area contributed by atoms with Gasteiger partial charge in [0.15, 0.2) is 0 Å². The van der Waals surface area contributed by atoms with Crippen LogP contribution in [0.2, 0.25) is 0 Å². The minimum atomic E-state index is -0.733. The van der Waals surface area contributed by atoms with E-state index in [1.807, 2.05) is 0 Å². The molecule has 0 bridgehead atoms. The number of alkyl halides is 1. The van der Waals surface area contributed by atoms with Gasteiger partial charge in [-0.1, -0.05) is 55.5 Å². The summed E-state index contributed by atoms with van der Waals surface area (Å²) in [4.78, 5) is 13.0.